The monoisotopic (exact) mass is 385 g/mol. The number of aryl methyl sites for hydroxylation is 1. The zero-order valence-corrected chi connectivity index (χ0v) is 17.1. The van der Waals surface area contributed by atoms with Crippen molar-refractivity contribution in [3.8, 4) is 11.5 Å². The van der Waals surface area contributed by atoms with Gasteiger partial charge in [0.2, 0.25) is 0 Å². The van der Waals surface area contributed by atoms with Gasteiger partial charge in [-0.15, -0.1) is 0 Å². The number of aromatic nitrogens is 2. The van der Waals surface area contributed by atoms with Crippen molar-refractivity contribution < 1.29 is 9.47 Å². The molecular weight excluding hydrogens is 354 g/mol. The van der Waals surface area contributed by atoms with E-state index in [-0.39, 0.29) is 0 Å². The number of aliphatic imine (C=N–C) groups is 1. The molecule has 1 saturated carbocycles. The molecule has 0 aliphatic heterocycles. The Balaban J connectivity index is 1.55. The SMILES string of the molecule is CN=C(NCCn1cc(C)cn1)NCc1ccc(OC)cc1OC1CCCC1. The van der Waals surface area contributed by atoms with Gasteiger partial charge in [-0.25, -0.2) is 0 Å². The van der Waals surface area contributed by atoms with Crippen LogP contribution < -0.4 is 20.1 Å². The first-order valence-electron chi connectivity index (χ1n) is 9.95. The molecule has 0 saturated heterocycles. The van der Waals surface area contributed by atoms with E-state index in [1.807, 2.05) is 36.1 Å². The number of benzene rings is 1. The lowest BCUT2D eigenvalue weighted by atomic mass is 10.2. The smallest absolute Gasteiger partial charge is 0.191 e. The van der Waals surface area contributed by atoms with Crippen LogP contribution in [-0.2, 0) is 13.1 Å². The molecule has 2 aromatic rings. The fourth-order valence-corrected chi connectivity index (χ4v) is 3.38. The number of nitrogens with one attached hydrogen (secondary N) is 2. The van der Waals surface area contributed by atoms with Gasteiger partial charge in [-0.05, 0) is 50.3 Å². The summed E-state index contributed by atoms with van der Waals surface area (Å²) in [6, 6.07) is 6.00. The normalized spacial score (nSPS) is 14.9. The van der Waals surface area contributed by atoms with Crippen molar-refractivity contribution in [1.29, 1.82) is 0 Å². The fraction of sp³-hybridized carbons (Fsp3) is 0.524. The van der Waals surface area contributed by atoms with Crippen molar-refractivity contribution in [2.24, 2.45) is 4.99 Å². The van der Waals surface area contributed by atoms with E-state index in [0.29, 0.717) is 12.6 Å². The maximum atomic E-state index is 6.26. The molecule has 7 heteroatoms. The second-order valence-corrected chi connectivity index (χ2v) is 7.13. The number of guanidine groups is 1. The first-order valence-corrected chi connectivity index (χ1v) is 9.95. The third kappa shape index (κ3) is 5.65. The van der Waals surface area contributed by atoms with Crippen LogP contribution >= 0.6 is 0 Å². The Morgan fingerprint density at radius 3 is 2.79 bits per heavy atom. The molecular formula is C21H31N5O2. The second-order valence-electron chi connectivity index (χ2n) is 7.13. The van der Waals surface area contributed by atoms with Crippen molar-refractivity contribution in [2.45, 2.75) is 51.8 Å². The average Bonchev–Trinajstić information content (AvgIpc) is 3.37. The molecule has 0 spiro atoms. The van der Waals surface area contributed by atoms with Crippen LogP contribution in [0.4, 0.5) is 0 Å². The van der Waals surface area contributed by atoms with E-state index in [1.165, 1.54) is 12.8 Å². The van der Waals surface area contributed by atoms with Gasteiger partial charge in [0, 0.05) is 38.0 Å². The molecule has 2 N–H and O–H groups in total. The molecule has 7 nitrogen and oxygen atoms in total. The first-order chi connectivity index (χ1) is 13.7. The first kappa shape index (κ1) is 20.0. The Morgan fingerprint density at radius 1 is 1.29 bits per heavy atom. The van der Waals surface area contributed by atoms with Gasteiger partial charge in [0.25, 0.3) is 0 Å². The third-order valence-electron chi connectivity index (χ3n) is 4.94. The molecule has 0 bridgehead atoms. The van der Waals surface area contributed by atoms with Crippen LogP contribution in [0.5, 0.6) is 11.5 Å². The highest BCUT2D eigenvalue weighted by Gasteiger charge is 2.18. The van der Waals surface area contributed by atoms with Crippen LogP contribution in [0.2, 0.25) is 0 Å². The topological polar surface area (TPSA) is 72.7 Å². The van der Waals surface area contributed by atoms with Gasteiger partial charge in [-0.1, -0.05) is 0 Å². The minimum atomic E-state index is 0.306. The highest BCUT2D eigenvalue weighted by molar-refractivity contribution is 5.79. The maximum Gasteiger partial charge on any atom is 0.191 e. The Labute approximate surface area is 167 Å². The summed E-state index contributed by atoms with van der Waals surface area (Å²) in [4.78, 5) is 4.31. The highest BCUT2D eigenvalue weighted by atomic mass is 16.5. The van der Waals surface area contributed by atoms with E-state index in [9.17, 15) is 0 Å². The summed E-state index contributed by atoms with van der Waals surface area (Å²) in [6.07, 6.45) is 8.94. The predicted octanol–water partition coefficient (Wildman–Crippen LogP) is 2.89. The van der Waals surface area contributed by atoms with E-state index in [1.54, 1.807) is 14.2 Å². The molecule has 0 amide bonds. The van der Waals surface area contributed by atoms with Crippen molar-refractivity contribution >= 4 is 5.96 Å². The maximum absolute atomic E-state index is 6.26. The molecule has 0 radical (unpaired) electrons. The Kier molecular flexibility index (Phi) is 7.17. The van der Waals surface area contributed by atoms with Crippen molar-refractivity contribution in [3.63, 3.8) is 0 Å². The molecule has 1 aromatic carbocycles. The molecule has 0 unspecified atom stereocenters. The lowest BCUT2D eigenvalue weighted by Crippen LogP contribution is -2.38. The van der Waals surface area contributed by atoms with E-state index in [2.05, 4.69) is 26.8 Å². The standard InChI is InChI=1S/C21H31N5O2/c1-16-13-25-26(15-16)11-10-23-21(22-2)24-14-17-8-9-19(27-3)12-20(17)28-18-6-4-5-7-18/h8-9,12-13,15,18H,4-7,10-11,14H2,1-3H3,(H2,22,23,24). The lowest BCUT2D eigenvalue weighted by molar-refractivity contribution is 0.207. The van der Waals surface area contributed by atoms with Gasteiger partial charge in [0.05, 0.1) is 26.0 Å². The van der Waals surface area contributed by atoms with Gasteiger partial charge in [-0.2, -0.15) is 5.10 Å². The molecule has 28 heavy (non-hydrogen) atoms. The molecule has 1 fully saturated rings. The number of ether oxygens (including phenoxy) is 2. The largest absolute Gasteiger partial charge is 0.497 e. The average molecular weight is 386 g/mol. The molecule has 1 aliphatic carbocycles. The molecule has 1 aromatic heterocycles. The van der Waals surface area contributed by atoms with Crippen LogP contribution in [0, 0.1) is 6.92 Å². The molecule has 1 heterocycles. The van der Waals surface area contributed by atoms with Crippen molar-refractivity contribution in [1.82, 2.24) is 20.4 Å². The Hall–Kier alpha value is -2.70. The van der Waals surface area contributed by atoms with Gasteiger partial charge in [-0.3, -0.25) is 9.67 Å². The number of rotatable bonds is 8. The molecule has 152 valence electrons. The van der Waals surface area contributed by atoms with Crippen molar-refractivity contribution in [2.75, 3.05) is 20.7 Å². The lowest BCUT2D eigenvalue weighted by Gasteiger charge is -2.19. The number of hydrogen-bond acceptors (Lipinski definition) is 4. The number of methoxy groups -OCH3 is 1. The minimum Gasteiger partial charge on any atom is -0.497 e. The Bertz CT molecular complexity index is 781. The van der Waals surface area contributed by atoms with Crippen molar-refractivity contribution in [3.05, 3.63) is 41.7 Å². The van der Waals surface area contributed by atoms with Crippen LogP contribution in [0.25, 0.3) is 0 Å². The van der Waals surface area contributed by atoms with Gasteiger partial charge in [0.15, 0.2) is 5.96 Å². The van der Waals surface area contributed by atoms with E-state index >= 15 is 0 Å². The highest BCUT2D eigenvalue weighted by Crippen LogP contribution is 2.29. The summed E-state index contributed by atoms with van der Waals surface area (Å²) in [6.45, 7) is 4.20. The summed E-state index contributed by atoms with van der Waals surface area (Å²) in [5, 5.41) is 11.0. The van der Waals surface area contributed by atoms with Gasteiger partial charge in [0.1, 0.15) is 11.5 Å². The zero-order chi connectivity index (χ0) is 19.8. The van der Waals surface area contributed by atoms with Crippen LogP contribution in [0.3, 0.4) is 0 Å². The molecule has 1 aliphatic rings. The summed E-state index contributed by atoms with van der Waals surface area (Å²) < 4.78 is 13.6. The number of nitrogens with zero attached hydrogens (tertiary/aromatic N) is 3. The quantitative estimate of drug-likeness (QED) is 0.540. The third-order valence-corrected chi connectivity index (χ3v) is 4.94. The molecule has 3 rings (SSSR count). The summed E-state index contributed by atoms with van der Waals surface area (Å²) in [5.41, 5.74) is 2.26. The van der Waals surface area contributed by atoms with E-state index in [0.717, 1.165) is 54.5 Å². The van der Waals surface area contributed by atoms with E-state index < -0.39 is 0 Å². The van der Waals surface area contributed by atoms with Crippen LogP contribution in [0.15, 0.2) is 35.6 Å². The fourth-order valence-electron chi connectivity index (χ4n) is 3.38. The van der Waals surface area contributed by atoms with Gasteiger partial charge >= 0.3 is 0 Å². The van der Waals surface area contributed by atoms with Crippen LogP contribution in [0.1, 0.15) is 36.8 Å². The van der Waals surface area contributed by atoms with E-state index in [4.69, 9.17) is 9.47 Å². The summed E-state index contributed by atoms with van der Waals surface area (Å²) in [7, 11) is 3.46. The zero-order valence-electron chi connectivity index (χ0n) is 17.1. The predicted molar refractivity (Wildman–Crippen MR) is 111 cm³/mol. The summed E-state index contributed by atoms with van der Waals surface area (Å²) in [5.74, 6) is 2.46. The number of hydrogen-bond donors (Lipinski definition) is 2. The Morgan fingerprint density at radius 2 is 2.11 bits per heavy atom. The molecule has 0 atom stereocenters. The van der Waals surface area contributed by atoms with Gasteiger partial charge < -0.3 is 20.1 Å². The van der Waals surface area contributed by atoms with Crippen LogP contribution in [-0.4, -0.2) is 42.5 Å². The second kappa shape index (κ2) is 10.0. The minimum absolute atomic E-state index is 0.306. The summed E-state index contributed by atoms with van der Waals surface area (Å²) >= 11 is 0.